The van der Waals surface area contributed by atoms with Gasteiger partial charge in [0.2, 0.25) is 0 Å². The second-order valence-corrected chi connectivity index (χ2v) is 7.98. The van der Waals surface area contributed by atoms with Gasteiger partial charge in [-0.15, -0.1) is 0 Å². The predicted molar refractivity (Wildman–Crippen MR) is 115 cm³/mol. The minimum Gasteiger partial charge on any atom is -0.486 e. The van der Waals surface area contributed by atoms with Crippen molar-refractivity contribution in [3.8, 4) is 17.0 Å². The van der Waals surface area contributed by atoms with E-state index in [-0.39, 0.29) is 11.7 Å². The molecule has 0 unspecified atom stereocenters. The Hall–Kier alpha value is -3.69. The van der Waals surface area contributed by atoms with Crippen LogP contribution in [0.4, 0.5) is 14.5 Å². The number of carbonyl (C=O) groups is 1. The number of carbonyl (C=O) groups excluding carboxylic acids is 1. The topological polar surface area (TPSA) is 97.0 Å². The Bertz CT molecular complexity index is 1190. The standard InChI is InChI=1S/C22H22F2N6O2/c1-13-6-17(14-7-16(10-26-8-14)32-12-18(23)24)28-20-19(13)21(31)30(22(20,2)3)15-9-27-29(11-15)5-4-25/h4,6-11,18,25H,5,12H2,1-3H3. The highest BCUT2D eigenvalue weighted by atomic mass is 19.3. The largest absolute Gasteiger partial charge is 0.486 e. The number of amides is 1. The molecule has 3 aromatic rings. The summed E-state index contributed by atoms with van der Waals surface area (Å²) in [7, 11) is 0. The summed E-state index contributed by atoms with van der Waals surface area (Å²) in [5.74, 6) is 0.0430. The van der Waals surface area contributed by atoms with Gasteiger partial charge in [0, 0.05) is 24.2 Å². The molecule has 3 aromatic heterocycles. The van der Waals surface area contributed by atoms with Crippen molar-refractivity contribution in [2.45, 2.75) is 39.3 Å². The van der Waals surface area contributed by atoms with E-state index in [9.17, 15) is 13.6 Å². The number of nitrogens with zero attached hydrogens (tertiary/aromatic N) is 5. The molecule has 0 aliphatic carbocycles. The summed E-state index contributed by atoms with van der Waals surface area (Å²) >= 11 is 0. The molecule has 32 heavy (non-hydrogen) atoms. The monoisotopic (exact) mass is 440 g/mol. The van der Waals surface area contributed by atoms with Crippen molar-refractivity contribution < 1.29 is 18.3 Å². The number of anilines is 1. The van der Waals surface area contributed by atoms with Gasteiger partial charge in [-0.05, 0) is 38.5 Å². The molecule has 0 saturated carbocycles. The van der Waals surface area contributed by atoms with Gasteiger partial charge in [0.05, 0.1) is 47.1 Å². The highest BCUT2D eigenvalue weighted by Gasteiger charge is 2.46. The molecule has 4 rings (SSSR count). The second-order valence-electron chi connectivity index (χ2n) is 7.98. The molecule has 166 valence electrons. The van der Waals surface area contributed by atoms with Gasteiger partial charge in [0.1, 0.15) is 12.4 Å². The Morgan fingerprint density at radius 1 is 1.25 bits per heavy atom. The van der Waals surface area contributed by atoms with Crippen LogP contribution in [0.2, 0.25) is 0 Å². The van der Waals surface area contributed by atoms with Crippen LogP contribution in [-0.4, -0.2) is 44.9 Å². The van der Waals surface area contributed by atoms with Crippen LogP contribution >= 0.6 is 0 Å². The molecule has 0 spiro atoms. The van der Waals surface area contributed by atoms with Crippen LogP contribution in [0.3, 0.4) is 0 Å². The fourth-order valence-electron chi connectivity index (χ4n) is 3.90. The number of hydrogen-bond acceptors (Lipinski definition) is 6. The predicted octanol–water partition coefficient (Wildman–Crippen LogP) is 3.84. The molecule has 8 nitrogen and oxygen atoms in total. The number of halogens is 2. The molecule has 0 bridgehead atoms. The van der Waals surface area contributed by atoms with Gasteiger partial charge in [-0.25, -0.2) is 13.8 Å². The third-order valence-electron chi connectivity index (χ3n) is 5.31. The highest BCUT2D eigenvalue weighted by Crippen LogP contribution is 2.43. The normalized spacial score (nSPS) is 14.7. The Kier molecular flexibility index (Phi) is 5.45. The first-order valence-electron chi connectivity index (χ1n) is 9.96. The lowest BCUT2D eigenvalue weighted by Crippen LogP contribution is -2.39. The average Bonchev–Trinajstić information content (AvgIpc) is 3.27. The zero-order valence-corrected chi connectivity index (χ0v) is 17.8. The average molecular weight is 440 g/mol. The molecule has 1 amide bonds. The Morgan fingerprint density at radius 2 is 2.03 bits per heavy atom. The maximum atomic E-state index is 13.4. The van der Waals surface area contributed by atoms with E-state index < -0.39 is 18.6 Å². The minimum absolute atomic E-state index is 0.178. The van der Waals surface area contributed by atoms with Crippen molar-refractivity contribution in [2.24, 2.45) is 0 Å². The van der Waals surface area contributed by atoms with Crippen molar-refractivity contribution in [1.29, 1.82) is 5.41 Å². The SMILES string of the molecule is Cc1cc(-c2cncc(OCC(F)F)c2)nc2c1C(=O)N(c1cnn(CC=N)c1)C2(C)C. The molecule has 0 aromatic carbocycles. The van der Waals surface area contributed by atoms with E-state index in [2.05, 4.69) is 10.1 Å². The molecule has 1 aliphatic heterocycles. The first-order valence-corrected chi connectivity index (χ1v) is 9.96. The fraction of sp³-hybridized carbons (Fsp3) is 0.318. The zero-order valence-electron chi connectivity index (χ0n) is 17.8. The molecule has 0 saturated heterocycles. The van der Waals surface area contributed by atoms with E-state index in [0.29, 0.717) is 34.7 Å². The summed E-state index contributed by atoms with van der Waals surface area (Å²) in [5, 5.41) is 11.5. The summed E-state index contributed by atoms with van der Waals surface area (Å²) in [6.07, 6.45) is 4.91. The molecular formula is C22H22F2N6O2. The number of ether oxygens (including phenoxy) is 1. The minimum atomic E-state index is -2.58. The van der Waals surface area contributed by atoms with Crippen LogP contribution in [0, 0.1) is 12.3 Å². The van der Waals surface area contributed by atoms with Crippen molar-refractivity contribution in [3.63, 3.8) is 0 Å². The quantitative estimate of drug-likeness (QED) is 0.563. The third-order valence-corrected chi connectivity index (χ3v) is 5.31. The van der Waals surface area contributed by atoms with Gasteiger partial charge in [0.15, 0.2) is 0 Å². The van der Waals surface area contributed by atoms with Gasteiger partial charge in [-0.1, -0.05) is 0 Å². The summed E-state index contributed by atoms with van der Waals surface area (Å²) in [4.78, 5) is 23.9. The Balaban J connectivity index is 1.73. The lowest BCUT2D eigenvalue weighted by Gasteiger charge is -2.30. The third kappa shape index (κ3) is 3.72. The van der Waals surface area contributed by atoms with Gasteiger partial charge in [-0.2, -0.15) is 5.10 Å². The van der Waals surface area contributed by atoms with Crippen LogP contribution in [0.1, 0.15) is 35.5 Å². The summed E-state index contributed by atoms with van der Waals surface area (Å²) in [5.41, 5.74) is 2.90. The van der Waals surface area contributed by atoms with Crippen molar-refractivity contribution >= 4 is 17.8 Å². The molecule has 0 atom stereocenters. The van der Waals surface area contributed by atoms with E-state index >= 15 is 0 Å². The number of nitrogens with one attached hydrogen (secondary N) is 1. The Labute approximate surface area is 183 Å². The van der Waals surface area contributed by atoms with E-state index in [4.69, 9.17) is 15.1 Å². The van der Waals surface area contributed by atoms with Crippen LogP contribution in [0.15, 0.2) is 36.9 Å². The molecule has 1 aliphatic rings. The van der Waals surface area contributed by atoms with Crippen LogP contribution in [0.25, 0.3) is 11.3 Å². The maximum Gasteiger partial charge on any atom is 0.272 e. The van der Waals surface area contributed by atoms with Gasteiger partial charge in [-0.3, -0.25) is 19.4 Å². The van der Waals surface area contributed by atoms with E-state index in [1.165, 1.54) is 12.4 Å². The second kappa shape index (κ2) is 8.10. The molecule has 10 heteroatoms. The number of hydrogen-bond donors (Lipinski definition) is 1. The number of aromatic nitrogens is 4. The lowest BCUT2D eigenvalue weighted by molar-refractivity contribution is 0.0817. The lowest BCUT2D eigenvalue weighted by atomic mass is 9.96. The molecular weight excluding hydrogens is 418 g/mol. The van der Waals surface area contributed by atoms with Crippen LogP contribution < -0.4 is 9.64 Å². The number of fused-ring (bicyclic) bond motifs is 1. The van der Waals surface area contributed by atoms with E-state index in [1.54, 1.807) is 40.3 Å². The smallest absolute Gasteiger partial charge is 0.272 e. The van der Waals surface area contributed by atoms with E-state index in [1.807, 2.05) is 20.8 Å². The molecule has 4 heterocycles. The van der Waals surface area contributed by atoms with E-state index in [0.717, 1.165) is 5.56 Å². The summed E-state index contributed by atoms with van der Waals surface area (Å²) in [6.45, 7) is 5.24. The van der Waals surface area contributed by atoms with Crippen LogP contribution in [-0.2, 0) is 12.1 Å². The van der Waals surface area contributed by atoms with Gasteiger partial charge >= 0.3 is 0 Å². The highest BCUT2D eigenvalue weighted by molar-refractivity contribution is 6.12. The Morgan fingerprint density at radius 3 is 2.75 bits per heavy atom. The molecule has 1 N–H and O–H groups in total. The van der Waals surface area contributed by atoms with Gasteiger partial charge < -0.3 is 10.1 Å². The summed E-state index contributed by atoms with van der Waals surface area (Å²) < 4.78 is 31.6. The number of aryl methyl sites for hydroxylation is 1. The maximum absolute atomic E-state index is 13.4. The summed E-state index contributed by atoms with van der Waals surface area (Å²) in [6, 6.07) is 3.38. The number of pyridine rings is 2. The first kappa shape index (κ1) is 21.5. The zero-order chi connectivity index (χ0) is 23.0. The number of rotatable bonds is 7. The number of alkyl halides is 2. The van der Waals surface area contributed by atoms with Crippen LogP contribution in [0.5, 0.6) is 5.75 Å². The van der Waals surface area contributed by atoms with Crippen molar-refractivity contribution in [3.05, 3.63) is 53.7 Å². The molecule has 0 fully saturated rings. The van der Waals surface area contributed by atoms with Crippen molar-refractivity contribution in [2.75, 3.05) is 11.5 Å². The van der Waals surface area contributed by atoms with Gasteiger partial charge in [0.25, 0.3) is 12.3 Å². The molecule has 0 radical (unpaired) electrons. The van der Waals surface area contributed by atoms with Crippen molar-refractivity contribution in [1.82, 2.24) is 19.7 Å². The first-order chi connectivity index (χ1) is 15.2. The fourth-order valence-corrected chi connectivity index (χ4v) is 3.90.